The van der Waals surface area contributed by atoms with E-state index in [1.165, 1.54) is 42.5 Å². The third-order valence-corrected chi connectivity index (χ3v) is 9.92. The summed E-state index contributed by atoms with van der Waals surface area (Å²) in [4.78, 5) is 37.3. The molecule has 3 fully saturated rings. The molecule has 1 aromatic heterocycles. The summed E-state index contributed by atoms with van der Waals surface area (Å²) in [5.41, 5.74) is 4.91. The number of anilines is 1. The highest BCUT2D eigenvalue weighted by Gasteiger charge is 2.39. The molecule has 1 unspecified atom stereocenters. The molecule has 2 aliphatic heterocycles. The maximum absolute atomic E-state index is 13.6. The molecule has 4 aliphatic rings. The molecular formula is C31H40N4O2. The third-order valence-electron chi connectivity index (χ3n) is 9.92. The SMILES string of the molecule is CN(C(=O)C1CCCC1)C1CCc2ccc(C(=O)N3CCC4(CC3)CCN(c3ccncc3)CC4)cc21. The first-order valence-electron chi connectivity index (χ1n) is 14.4. The molecule has 6 rings (SSSR count). The maximum atomic E-state index is 13.6. The molecule has 37 heavy (non-hydrogen) atoms. The average molecular weight is 501 g/mol. The molecule has 2 aromatic rings. The number of hydrogen-bond donors (Lipinski definition) is 0. The molecular weight excluding hydrogens is 460 g/mol. The molecule has 0 radical (unpaired) electrons. The summed E-state index contributed by atoms with van der Waals surface area (Å²) in [5.74, 6) is 0.641. The number of aryl methyl sites for hydroxylation is 1. The van der Waals surface area contributed by atoms with Gasteiger partial charge in [-0.05, 0) is 92.2 Å². The van der Waals surface area contributed by atoms with Crippen molar-refractivity contribution in [2.24, 2.45) is 11.3 Å². The van der Waals surface area contributed by atoms with Gasteiger partial charge in [-0.15, -0.1) is 0 Å². The van der Waals surface area contributed by atoms with E-state index in [0.717, 1.165) is 70.3 Å². The summed E-state index contributed by atoms with van der Waals surface area (Å²) in [6.07, 6.45) is 14.7. The second-order valence-corrected chi connectivity index (χ2v) is 11.9. The molecule has 2 saturated heterocycles. The minimum absolute atomic E-state index is 0.103. The highest BCUT2D eigenvalue weighted by Crippen LogP contribution is 2.43. The van der Waals surface area contributed by atoms with Crippen LogP contribution in [0.4, 0.5) is 5.69 Å². The Labute approximate surface area is 221 Å². The summed E-state index contributed by atoms with van der Waals surface area (Å²) >= 11 is 0. The van der Waals surface area contributed by atoms with Gasteiger partial charge in [0.2, 0.25) is 5.91 Å². The smallest absolute Gasteiger partial charge is 0.253 e. The molecule has 1 saturated carbocycles. The lowest BCUT2D eigenvalue weighted by Crippen LogP contribution is -2.48. The van der Waals surface area contributed by atoms with Crippen molar-refractivity contribution in [2.45, 2.75) is 70.3 Å². The van der Waals surface area contributed by atoms with Crippen molar-refractivity contribution < 1.29 is 9.59 Å². The van der Waals surface area contributed by atoms with E-state index in [4.69, 9.17) is 0 Å². The van der Waals surface area contributed by atoms with Crippen LogP contribution in [0.3, 0.4) is 0 Å². The molecule has 2 aliphatic carbocycles. The molecule has 3 heterocycles. The third kappa shape index (κ3) is 4.75. The number of piperidine rings is 2. The number of carbonyl (C=O) groups is 2. The van der Waals surface area contributed by atoms with Crippen LogP contribution in [0.5, 0.6) is 0 Å². The number of carbonyl (C=O) groups excluding carboxylic acids is 2. The fourth-order valence-electron chi connectivity index (χ4n) is 7.39. The Morgan fingerprint density at radius 2 is 1.59 bits per heavy atom. The summed E-state index contributed by atoms with van der Waals surface area (Å²) in [6.45, 7) is 3.85. The second kappa shape index (κ2) is 10.1. The van der Waals surface area contributed by atoms with Crippen LogP contribution in [0.2, 0.25) is 0 Å². The number of nitrogens with zero attached hydrogens (tertiary/aromatic N) is 4. The van der Waals surface area contributed by atoms with Crippen molar-refractivity contribution in [3.05, 3.63) is 59.4 Å². The topological polar surface area (TPSA) is 56.8 Å². The minimum atomic E-state index is 0.103. The van der Waals surface area contributed by atoms with Crippen LogP contribution in [0.25, 0.3) is 0 Å². The van der Waals surface area contributed by atoms with Crippen LogP contribution in [-0.2, 0) is 11.2 Å². The number of benzene rings is 1. The van der Waals surface area contributed by atoms with Crippen molar-refractivity contribution in [1.82, 2.24) is 14.8 Å². The van der Waals surface area contributed by atoms with Crippen molar-refractivity contribution in [3.8, 4) is 0 Å². The Balaban J connectivity index is 1.08. The number of amides is 2. The lowest BCUT2D eigenvalue weighted by Gasteiger charge is -2.47. The first-order valence-corrected chi connectivity index (χ1v) is 14.4. The van der Waals surface area contributed by atoms with E-state index in [0.29, 0.717) is 11.3 Å². The predicted molar refractivity (Wildman–Crippen MR) is 145 cm³/mol. The Morgan fingerprint density at radius 1 is 0.919 bits per heavy atom. The Morgan fingerprint density at radius 3 is 2.30 bits per heavy atom. The molecule has 6 nitrogen and oxygen atoms in total. The Hall–Kier alpha value is -2.89. The summed E-state index contributed by atoms with van der Waals surface area (Å²) in [5, 5.41) is 0. The second-order valence-electron chi connectivity index (χ2n) is 11.9. The summed E-state index contributed by atoms with van der Waals surface area (Å²) in [7, 11) is 1.97. The molecule has 1 aromatic carbocycles. The van der Waals surface area contributed by atoms with Crippen molar-refractivity contribution >= 4 is 17.5 Å². The zero-order valence-electron chi connectivity index (χ0n) is 22.2. The summed E-state index contributed by atoms with van der Waals surface area (Å²) in [6, 6.07) is 10.6. The number of rotatable bonds is 4. The van der Waals surface area contributed by atoms with Gasteiger partial charge >= 0.3 is 0 Å². The van der Waals surface area contributed by atoms with E-state index in [-0.39, 0.29) is 17.9 Å². The highest BCUT2D eigenvalue weighted by atomic mass is 16.2. The first kappa shape index (κ1) is 24.4. The lowest BCUT2D eigenvalue weighted by molar-refractivity contribution is -0.136. The van der Waals surface area contributed by atoms with Gasteiger partial charge in [-0.25, -0.2) is 0 Å². The molecule has 2 amide bonds. The number of pyridine rings is 1. The van der Waals surface area contributed by atoms with Gasteiger partial charge in [0.05, 0.1) is 6.04 Å². The predicted octanol–water partition coefficient (Wildman–Crippen LogP) is 5.24. The molecule has 196 valence electrons. The zero-order chi connectivity index (χ0) is 25.4. The number of hydrogen-bond acceptors (Lipinski definition) is 4. The van der Waals surface area contributed by atoms with Gasteiger partial charge in [0, 0.05) is 62.8 Å². The maximum Gasteiger partial charge on any atom is 0.253 e. The van der Waals surface area contributed by atoms with Crippen LogP contribution in [0.1, 0.15) is 85.3 Å². The van der Waals surface area contributed by atoms with E-state index in [9.17, 15) is 9.59 Å². The molecule has 0 N–H and O–H groups in total. The molecule has 6 heteroatoms. The fraction of sp³-hybridized carbons (Fsp3) is 0.581. The van der Waals surface area contributed by atoms with Gasteiger partial charge in [-0.2, -0.15) is 0 Å². The van der Waals surface area contributed by atoms with Gasteiger partial charge in [-0.1, -0.05) is 18.9 Å². The molecule has 1 spiro atoms. The largest absolute Gasteiger partial charge is 0.371 e. The zero-order valence-corrected chi connectivity index (χ0v) is 22.2. The summed E-state index contributed by atoms with van der Waals surface area (Å²) < 4.78 is 0. The Kier molecular flexibility index (Phi) is 6.68. The average Bonchev–Trinajstić information content (AvgIpc) is 3.64. The molecule has 0 bridgehead atoms. The van der Waals surface area contributed by atoms with Crippen LogP contribution < -0.4 is 4.90 Å². The minimum Gasteiger partial charge on any atom is -0.371 e. The van der Waals surface area contributed by atoms with Crippen molar-refractivity contribution in [1.29, 1.82) is 0 Å². The van der Waals surface area contributed by atoms with Crippen molar-refractivity contribution in [3.63, 3.8) is 0 Å². The van der Waals surface area contributed by atoms with Crippen LogP contribution in [0.15, 0.2) is 42.7 Å². The monoisotopic (exact) mass is 500 g/mol. The van der Waals surface area contributed by atoms with Gasteiger partial charge in [0.15, 0.2) is 0 Å². The Bertz CT molecular complexity index is 1130. The van der Waals surface area contributed by atoms with Crippen LogP contribution >= 0.6 is 0 Å². The number of fused-ring (bicyclic) bond motifs is 1. The van der Waals surface area contributed by atoms with Gasteiger partial charge in [-0.3, -0.25) is 14.6 Å². The molecule has 1 atom stereocenters. The van der Waals surface area contributed by atoms with Gasteiger partial charge in [0.25, 0.3) is 5.91 Å². The standard InChI is InChI=1S/C31H40N4O2/c1-33(29(36)24-4-2-3-5-24)28-9-8-23-6-7-25(22-27(23)28)30(37)35-20-14-31(15-21-35)12-18-34(19-13-31)26-10-16-32-17-11-26/h6-7,10-11,16-17,22,24,28H,2-5,8-9,12-15,18-21H2,1H3. The normalized spacial score (nSPS) is 23.3. The van der Waals surface area contributed by atoms with E-state index < -0.39 is 0 Å². The van der Waals surface area contributed by atoms with Gasteiger partial charge < -0.3 is 14.7 Å². The first-order chi connectivity index (χ1) is 18.0. The van der Waals surface area contributed by atoms with E-state index in [1.54, 1.807) is 0 Å². The van der Waals surface area contributed by atoms with Crippen LogP contribution in [-0.4, -0.2) is 59.8 Å². The fourth-order valence-corrected chi connectivity index (χ4v) is 7.39. The number of aromatic nitrogens is 1. The highest BCUT2D eigenvalue weighted by molar-refractivity contribution is 5.94. The van der Waals surface area contributed by atoms with E-state index in [2.05, 4.69) is 39.0 Å². The van der Waals surface area contributed by atoms with Crippen LogP contribution in [0, 0.1) is 11.3 Å². The van der Waals surface area contributed by atoms with Crippen molar-refractivity contribution in [2.75, 3.05) is 38.1 Å². The number of likely N-dealkylation sites (tertiary alicyclic amines) is 1. The van der Waals surface area contributed by atoms with Gasteiger partial charge in [0.1, 0.15) is 0 Å². The lowest BCUT2D eigenvalue weighted by atomic mass is 9.71. The van der Waals surface area contributed by atoms with E-state index >= 15 is 0 Å². The van der Waals surface area contributed by atoms with E-state index in [1.807, 2.05) is 30.4 Å². The quantitative estimate of drug-likeness (QED) is 0.576.